The molecule has 0 aromatic heterocycles. The van der Waals surface area contributed by atoms with Crippen LogP contribution in [0.25, 0.3) is 0 Å². The number of amides is 1. The van der Waals surface area contributed by atoms with Crippen molar-refractivity contribution >= 4 is 12.4 Å². The number of hydrogen-bond acceptors (Lipinski definition) is 4. The summed E-state index contributed by atoms with van der Waals surface area (Å²) in [7, 11) is 1.63. The lowest BCUT2D eigenvalue weighted by Gasteiger charge is -2.31. The Balaban J connectivity index is 2.15. The monoisotopic (exact) mass is 319 g/mol. The van der Waals surface area contributed by atoms with E-state index in [-0.39, 0.29) is 6.04 Å². The zero-order chi connectivity index (χ0) is 17.0. The molecule has 0 spiro atoms. The Bertz CT molecular complexity index is 564. The van der Waals surface area contributed by atoms with E-state index in [1.165, 1.54) is 0 Å². The molecular weight excluding hydrogens is 294 g/mol. The molecule has 23 heavy (non-hydrogen) atoms. The Labute approximate surface area is 137 Å². The first-order valence-electron chi connectivity index (χ1n) is 7.93. The van der Waals surface area contributed by atoms with Gasteiger partial charge in [-0.3, -0.25) is 4.90 Å². The maximum Gasteiger partial charge on any atom is 0.411 e. The van der Waals surface area contributed by atoms with Crippen molar-refractivity contribution in [1.82, 2.24) is 4.90 Å². The van der Waals surface area contributed by atoms with Crippen LogP contribution in [0.3, 0.4) is 0 Å². The molecule has 1 heterocycles. The van der Waals surface area contributed by atoms with Crippen LogP contribution in [0.1, 0.15) is 39.2 Å². The molecule has 0 radical (unpaired) electrons. The smallest absolute Gasteiger partial charge is 0.411 e. The fourth-order valence-electron chi connectivity index (χ4n) is 2.92. The highest BCUT2D eigenvalue weighted by atomic mass is 16.6. The van der Waals surface area contributed by atoms with Gasteiger partial charge in [-0.25, -0.2) is 4.79 Å². The fraction of sp³-hybridized carbons (Fsp3) is 0.556. The van der Waals surface area contributed by atoms with Gasteiger partial charge in [0.2, 0.25) is 0 Å². The first-order valence-corrected chi connectivity index (χ1v) is 7.93. The van der Waals surface area contributed by atoms with E-state index in [9.17, 15) is 9.59 Å². The molecule has 2 atom stereocenters. The molecular formula is C18H25NO4. The molecule has 5 nitrogen and oxygen atoms in total. The van der Waals surface area contributed by atoms with Crippen molar-refractivity contribution in [2.75, 3.05) is 7.11 Å². The standard InChI is InChI=1S/C18H25NO4/c1-18(2,3)23-17(21)19-14(8-9-15(19)12-20)10-13-6-5-7-16(11-13)22-4/h5-7,11-12,14-15H,8-10H2,1-4H3/t14-,15+/m0/s1. The summed E-state index contributed by atoms with van der Waals surface area (Å²) < 4.78 is 10.7. The lowest BCUT2D eigenvalue weighted by atomic mass is 10.0. The van der Waals surface area contributed by atoms with Gasteiger partial charge in [-0.15, -0.1) is 0 Å². The summed E-state index contributed by atoms with van der Waals surface area (Å²) in [5.74, 6) is 0.788. The summed E-state index contributed by atoms with van der Waals surface area (Å²) in [6, 6.07) is 7.34. The second kappa shape index (κ2) is 7.02. The van der Waals surface area contributed by atoms with Crippen LogP contribution in [-0.2, 0) is 16.0 Å². The van der Waals surface area contributed by atoms with Crippen LogP contribution in [0.2, 0.25) is 0 Å². The molecule has 0 N–H and O–H groups in total. The van der Waals surface area contributed by atoms with Gasteiger partial charge in [-0.05, 0) is 57.7 Å². The van der Waals surface area contributed by atoms with Crippen molar-refractivity contribution in [2.24, 2.45) is 0 Å². The third kappa shape index (κ3) is 4.47. The van der Waals surface area contributed by atoms with Gasteiger partial charge in [0.05, 0.1) is 13.2 Å². The van der Waals surface area contributed by atoms with E-state index in [2.05, 4.69) is 0 Å². The number of rotatable bonds is 4. The van der Waals surface area contributed by atoms with Gasteiger partial charge in [0, 0.05) is 6.04 Å². The number of carbonyl (C=O) groups is 2. The summed E-state index contributed by atoms with van der Waals surface area (Å²) in [6.45, 7) is 5.48. The second-order valence-corrected chi connectivity index (χ2v) is 6.88. The lowest BCUT2D eigenvalue weighted by Crippen LogP contribution is -2.45. The quantitative estimate of drug-likeness (QED) is 0.800. The number of likely N-dealkylation sites (tertiary alicyclic amines) is 1. The molecule has 1 aromatic carbocycles. The van der Waals surface area contributed by atoms with Crippen molar-refractivity contribution in [3.05, 3.63) is 29.8 Å². The average molecular weight is 319 g/mol. The first kappa shape index (κ1) is 17.3. The Kier molecular flexibility index (Phi) is 5.29. The van der Waals surface area contributed by atoms with Crippen LogP contribution in [0.4, 0.5) is 4.79 Å². The van der Waals surface area contributed by atoms with Crippen LogP contribution < -0.4 is 4.74 Å². The zero-order valence-electron chi connectivity index (χ0n) is 14.2. The van der Waals surface area contributed by atoms with Gasteiger partial charge in [0.1, 0.15) is 17.6 Å². The molecule has 1 saturated heterocycles. The van der Waals surface area contributed by atoms with Gasteiger partial charge in [0.15, 0.2) is 0 Å². The van der Waals surface area contributed by atoms with Crippen molar-refractivity contribution in [2.45, 2.75) is 57.7 Å². The molecule has 1 amide bonds. The third-order valence-electron chi connectivity index (χ3n) is 3.91. The van der Waals surface area contributed by atoms with Gasteiger partial charge in [-0.1, -0.05) is 12.1 Å². The third-order valence-corrected chi connectivity index (χ3v) is 3.91. The SMILES string of the molecule is COc1cccc(C[C@@H]2CC[C@H](C=O)N2C(=O)OC(C)(C)C)c1. The Morgan fingerprint density at radius 3 is 2.70 bits per heavy atom. The predicted molar refractivity (Wildman–Crippen MR) is 87.6 cm³/mol. The van der Waals surface area contributed by atoms with Gasteiger partial charge < -0.3 is 14.3 Å². The molecule has 1 fully saturated rings. The summed E-state index contributed by atoms with van der Waals surface area (Å²) >= 11 is 0. The van der Waals surface area contributed by atoms with Gasteiger partial charge >= 0.3 is 6.09 Å². The van der Waals surface area contributed by atoms with Crippen LogP contribution >= 0.6 is 0 Å². The molecule has 0 saturated carbocycles. The molecule has 1 aliphatic heterocycles. The highest BCUT2D eigenvalue weighted by Crippen LogP contribution is 2.28. The fourth-order valence-corrected chi connectivity index (χ4v) is 2.92. The minimum atomic E-state index is -0.576. The molecule has 0 bridgehead atoms. The highest BCUT2D eigenvalue weighted by molar-refractivity contribution is 5.75. The Morgan fingerprint density at radius 2 is 2.09 bits per heavy atom. The average Bonchev–Trinajstić information content (AvgIpc) is 2.88. The van der Waals surface area contributed by atoms with Gasteiger partial charge in [-0.2, -0.15) is 0 Å². The van der Waals surface area contributed by atoms with E-state index in [0.29, 0.717) is 12.8 Å². The number of carbonyl (C=O) groups excluding carboxylic acids is 2. The Hall–Kier alpha value is -2.04. The van der Waals surface area contributed by atoms with Crippen LogP contribution in [0.5, 0.6) is 5.75 Å². The molecule has 1 aromatic rings. The topological polar surface area (TPSA) is 55.8 Å². The van der Waals surface area contributed by atoms with Crippen LogP contribution in [0, 0.1) is 0 Å². The number of aldehydes is 1. The molecule has 126 valence electrons. The van der Waals surface area contributed by atoms with Crippen molar-refractivity contribution < 1.29 is 19.1 Å². The maximum absolute atomic E-state index is 12.5. The number of nitrogens with zero attached hydrogens (tertiary/aromatic N) is 1. The largest absolute Gasteiger partial charge is 0.497 e. The highest BCUT2D eigenvalue weighted by Gasteiger charge is 2.39. The number of hydrogen-bond donors (Lipinski definition) is 0. The molecule has 0 aliphatic carbocycles. The molecule has 5 heteroatoms. The van der Waals surface area contributed by atoms with Crippen molar-refractivity contribution in [3.63, 3.8) is 0 Å². The first-order chi connectivity index (χ1) is 10.8. The van der Waals surface area contributed by atoms with E-state index in [0.717, 1.165) is 24.0 Å². The minimum absolute atomic E-state index is 0.0350. The van der Waals surface area contributed by atoms with Crippen LogP contribution in [0.15, 0.2) is 24.3 Å². The van der Waals surface area contributed by atoms with Crippen molar-refractivity contribution in [1.29, 1.82) is 0 Å². The molecule has 0 unspecified atom stereocenters. The summed E-state index contributed by atoms with van der Waals surface area (Å²) in [4.78, 5) is 25.4. The normalized spacial score (nSPS) is 21.1. The minimum Gasteiger partial charge on any atom is -0.497 e. The molecule has 1 aliphatic rings. The summed E-state index contributed by atoms with van der Waals surface area (Å²) in [5, 5.41) is 0. The number of ether oxygens (including phenoxy) is 2. The maximum atomic E-state index is 12.5. The summed E-state index contributed by atoms with van der Waals surface area (Å²) in [5.41, 5.74) is 0.502. The zero-order valence-corrected chi connectivity index (χ0v) is 14.2. The number of benzene rings is 1. The second-order valence-electron chi connectivity index (χ2n) is 6.88. The summed E-state index contributed by atoms with van der Waals surface area (Å²) in [6.07, 6.45) is 2.58. The van der Waals surface area contributed by atoms with Gasteiger partial charge in [0.25, 0.3) is 0 Å². The van der Waals surface area contributed by atoms with E-state index in [1.807, 2.05) is 45.0 Å². The predicted octanol–water partition coefficient (Wildman–Crippen LogP) is 3.20. The van der Waals surface area contributed by atoms with E-state index >= 15 is 0 Å². The van der Waals surface area contributed by atoms with E-state index < -0.39 is 17.7 Å². The Morgan fingerprint density at radius 1 is 1.35 bits per heavy atom. The van der Waals surface area contributed by atoms with Crippen LogP contribution in [-0.4, -0.2) is 42.1 Å². The lowest BCUT2D eigenvalue weighted by molar-refractivity contribution is -0.112. The van der Waals surface area contributed by atoms with E-state index in [1.54, 1.807) is 12.0 Å². The molecule has 2 rings (SSSR count). The number of methoxy groups -OCH3 is 1. The van der Waals surface area contributed by atoms with E-state index in [4.69, 9.17) is 9.47 Å². The van der Waals surface area contributed by atoms with Crippen molar-refractivity contribution in [3.8, 4) is 5.75 Å².